The summed E-state index contributed by atoms with van der Waals surface area (Å²) in [7, 11) is 1.55. The van der Waals surface area contributed by atoms with Gasteiger partial charge in [-0.1, -0.05) is 25.1 Å². The highest BCUT2D eigenvalue weighted by Gasteiger charge is 2.21. The van der Waals surface area contributed by atoms with E-state index in [1.165, 1.54) is 4.90 Å². The van der Waals surface area contributed by atoms with Crippen LogP contribution in [-0.4, -0.2) is 31.3 Å². The monoisotopic (exact) mass is 282 g/mol. The van der Waals surface area contributed by atoms with Crippen LogP contribution in [-0.2, 0) is 16.0 Å². The van der Waals surface area contributed by atoms with Crippen molar-refractivity contribution in [3.8, 4) is 0 Å². The SMILES string of the molecule is CCc1cccc(C)c1N(CC(=O)NC)C(=O)CCl. The van der Waals surface area contributed by atoms with E-state index in [1.807, 2.05) is 32.0 Å². The number of nitrogens with one attached hydrogen (secondary N) is 1. The molecule has 2 amide bonds. The molecule has 1 aromatic carbocycles. The van der Waals surface area contributed by atoms with Crippen molar-refractivity contribution in [1.82, 2.24) is 5.32 Å². The van der Waals surface area contributed by atoms with Gasteiger partial charge in [0, 0.05) is 7.05 Å². The second-order valence-electron chi connectivity index (χ2n) is 4.22. The maximum Gasteiger partial charge on any atom is 0.242 e. The third-order valence-corrected chi connectivity index (χ3v) is 3.20. The Labute approximate surface area is 118 Å². The van der Waals surface area contributed by atoms with E-state index in [0.29, 0.717) is 0 Å². The number of nitrogens with zero attached hydrogens (tertiary/aromatic N) is 1. The van der Waals surface area contributed by atoms with Crippen LogP contribution in [0.1, 0.15) is 18.1 Å². The second-order valence-corrected chi connectivity index (χ2v) is 4.49. The van der Waals surface area contributed by atoms with Crippen LogP contribution in [0.15, 0.2) is 18.2 Å². The molecule has 0 bridgehead atoms. The van der Waals surface area contributed by atoms with Gasteiger partial charge in [-0.25, -0.2) is 0 Å². The molecule has 0 saturated heterocycles. The van der Waals surface area contributed by atoms with Gasteiger partial charge in [-0.3, -0.25) is 9.59 Å². The standard InChI is InChI=1S/C14H19ClN2O2/c1-4-11-7-5-6-10(2)14(11)17(13(19)8-15)9-12(18)16-3/h5-7H,4,8-9H2,1-3H3,(H,16,18). The number of para-hydroxylation sites is 1. The van der Waals surface area contributed by atoms with Crippen molar-refractivity contribution in [2.24, 2.45) is 0 Å². The van der Waals surface area contributed by atoms with Crippen LogP contribution < -0.4 is 10.2 Å². The van der Waals surface area contributed by atoms with Gasteiger partial charge in [0.2, 0.25) is 11.8 Å². The number of anilines is 1. The van der Waals surface area contributed by atoms with E-state index in [2.05, 4.69) is 5.32 Å². The number of hydrogen-bond acceptors (Lipinski definition) is 2. The summed E-state index contributed by atoms with van der Waals surface area (Å²) in [5.41, 5.74) is 2.78. The van der Waals surface area contributed by atoms with Crippen LogP contribution in [0.3, 0.4) is 0 Å². The van der Waals surface area contributed by atoms with Crippen LogP contribution in [0, 0.1) is 6.92 Å². The van der Waals surface area contributed by atoms with Gasteiger partial charge in [-0.15, -0.1) is 11.6 Å². The number of aryl methyl sites for hydroxylation is 2. The largest absolute Gasteiger partial charge is 0.358 e. The number of carbonyl (C=O) groups is 2. The smallest absolute Gasteiger partial charge is 0.242 e. The van der Waals surface area contributed by atoms with E-state index >= 15 is 0 Å². The van der Waals surface area contributed by atoms with Crippen molar-refractivity contribution in [2.45, 2.75) is 20.3 Å². The number of benzene rings is 1. The van der Waals surface area contributed by atoms with Gasteiger partial charge in [0.1, 0.15) is 12.4 Å². The molecule has 0 heterocycles. The molecule has 0 saturated carbocycles. The summed E-state index contributed by atoms with van der Waals surface area (Å²) in [6.07, 6.45) is 0.789. The first-order valence-corrected chi connectivity index (χ1v) is 6.74. The molecule has 4 nitrogen and oxygen atoms in total. The van der Waals surface area contributed by atoms with E-state index in [0.717, 1.165) is 23.2 Å². The molecule has 104 valence electrons. The van der Waals surface area contributed by atoms with Crippen LogP contribution in [0.4, 0.5) is 5.69 Å². The molecular formula is C14H19ClN2O2. The summed E-state index contributed by atoms with van der Waals surface area (Å²) < 4.78 is 0. The maximum atomic E-state index is 12.0. The Morgan fingerprint density at radius 1 is 1.37 bits per heavy atom. The predicted octanol–water partition coefficient (Wildman–Crippen LogP) is 1.88. The van der Waals surface area contributed by atoms with E-state index in [1.54, 1.807) is 7.05 Å². The number of alkyl halides is 1. The summed E-state index contributed by atoms with van der Waals surface area (Å²) >= 11 is 5.65. The average molecular weight is 283 g/mol. The van der Waals surface area contributed by atoms with Crippen molar-refractivity contribution in [1.29, 1.82) is 0 Å². The molecule has 0 aliphatic heterocycles. The zero-order valence-corrected chi connectivity index (χ0v) is 12.3. The summed E-state index contributed by atoms with van der Waals surface area (Å²) in [4.78, 5) is 25.0. The lowest BCUT2D eigenvalue weighted by atomic mass is 10.0. The molecule has 1 N–H and O–H groups in total. The lowest BCUT2D eigenvalue weighted by Crippen LogP contribution is -2.41. The molecule has 0 fully saturated rings. The molecule has 1 rings (SSSR count). The zero-order valence-electron chi connectivity index (χ0n) is 11.5. The first-order valence-electron chi connectivity index (χ1n) is 6.20. The van der Waals surface area contributed by atoms with Crippen molar-refractivity contribution in [3.05, 3.63) is 29.3 Å². The molecule has 0 aliphatic carbocycles. The van der Waals surface area contributed by atoms with E-state index in [9.17, 15) is 9.59 Å². The number of hydrogen-bond donors (Lipinski definition) is 1. The fourth-order valence-corrected chi connectivity index (χ4v) is 2.12. The molecule has 19 heavy (non-hydrogen) atoms. The normalized spacial score (nSPS) is 10.1. The Kier molecular flexibility index (Phi) is 5.83. The van der Waals surface area contributed by atoms with Crippen LogP contribution >= 0.6 is 11.6 Å². The van der Waals surface area contributed by atoms with Crippen molar-refractivity contribution in [2.75, 3.05) is 24.4 Å². The van der Waals surface area contributed by atoms with Gasteiger partial charge in [-0.05, 0) is 24.5 Å². The van der Waals surface area contributed by atoms with Gasteiger partial charge in [0.15, 0.2) is 0 Å². The second kappa shape index (κ2) is 7.14. The third kappa shape index (κ3) is 3.70. The fourth-order valence-electron chi connectivity index (χ4n) is 1.98. The lowest BCUT2D eigenvalue weighted by molar-refractivity contribution is -0.122. The molecule has 0 spiro atoms. The fraction of sp³-hybridized carbons (Fsp3) is 0.429. The van der Waals surface area contributed by atoms with Gasteiger partial charge in [0.05, 0.1) is 5.69 Å². The first-order chi connectivity index (χ1) is 9.04. The zero-order chi connectivity index (χ0) is 14.4. The Bertz CT molecular complexity index is 475. The van der Waals surface area contributed by atoms with Crippen LogP contribution in [0.2, 0.25) is 0 Å². The minimum atomic E-state index is -0.269. The molecule has 0 atom stereocenters. The quantitative estimate of drug-likeness (QED) is 0.838. The Morgan fingerprint density at radius 3 is 2.58 bits per heavy atom. The number of carbonyl (C=O) groups excluding carboxylic acids is 2. The summed E-state index contributed by atoms with van der Waals surface area (Å²) in [5.74, 6) is -0.632. The van der Waals surface area contributed by atoms with Crippen LogP contribution in [0.25, 0.3) is 0 Å². The van der Waals surface area contributed by atoms with Gasteiger partial charge in [-0.2, -0.15) is 0 Å². The predicted molar refractivity (Wildman–Crippen MR) is 77.7 cm³/mol. The molecular weight excluding hydrogens is 264 g/mol. The molecule has 0 aliphatic rings. The van der Waals surface area contributed by atoms with Gasteiger partial charge < -0.3 is 10.2 Å². The van der Waals surface area contributed by atoms with E-state index in [4.69, 9.17) is 11.6 Å². The summed E-state index contributed by atoms with van der Waals surface area (Å²) in [5, 5.41) is 2.53. The minimum absolute atomic E-state index is 0.0140. The molecule has 1 aromatic rings. The Morgan fingerprint density at radius 2 is 2.05 bits per heavy atom. The van der Waals surface area contributed by atoms with E-state index in [-0.39, 0.29) is 24.2 Å². The van der Waals surface area contributed by atoms with Crippen molar-refractivity contribution in [3.63, 3.8) is 0 Å². The lowest BCUT2D eigenvalue weighted by Gasteiger charge is -2.25. The van der Waals surface area contributed by atoms with Crippen molar-refractivity contribution >= 4 is 29.1 Å². The minimum Gasteiger partial charge on any atom is -0.358 e. The highest BCUT2D eigenvalue weighted by molar-refractivity contribution is 6.29. The summed E-state index contributed by atoms with van der Waals surface area (Å²) in [6.45, 7) is 3.92. The van der Waals surface area contributed by atoms with Gasteiger partial charge in [0.25, 0.3) is 0 Å². The van der Waals surface area contributed by atoms with Gasteiger partial charge >= 0.3 is 0 Å². The number of amides is 2. The third-order valence-electron chi connectivity index (χ3n) is 2.97. The topological polar surface area (TPSA) is 49.4 Å². The summed E-state index contributed by atoms with van der Waals surface area (Å²) in [6, 6.07) is 5.83. The number of halogens is 1. The molecule has 0 radical (unpaired) electrons. The van der Waals surface area contributed by atoms with Crippen molar-refractivity contribution < 1.29 is 9.59 Å². The highest BCUT2D eigenvalue weighted by Crippen LogP contribution is 2.26. The maximum absolute atomic E-state index is 12.0. The first kappa shape index (κ1) is 15.5. The molecule has 0 aromatic heterocycles. The Hall–Kier alpha value is -1.55. The molecule has 5 heteroatoms. The highest BCUT2D eigenvalue weighted by atomic mass is 35.5. The number of likely N-dealkylation sites (N-methyl/N-ethyl adjacent to an activating group) is 1. The van der Waals surface area contributed by atoms with E-state index < -0.39 is 0 Å². The number of rotatable bonds is 5. The average Bonchev–Trinajstić information content (AvgIpc) is 2.43. The van der Waals surface area contributed by atoms with Crippen LogP contribution in [0.5, 0.6) is 0 Å². The molecule has 0 unspecified atom stereocenters. The Balaban J connectivity index is 3.24.